The maximum Gasteiger partial charge on any atom is 0.0619 e. The van der Waals surface area contributed by atoms with Crippen molar-refractivity contribution < 1.29 is 0 Å². The number of alkyl halides is 1. The average Bonchev–Trinajstić information content (AvgIpc) is 2.08. The Balaban J connectivity index is 3.05. The summed E-state index contributed by atoms with van der Waals surface area (Å²) in [6.45, 7) is 4.23. The van der Waals surface area contributed by atoms with Gasteiger partial charge >= 0.3 is 0 Å². The van der Waals surface area contributed by atoms with E-state index in [9.17, 15) is 0 Å². The molecule has 0 heterocycles. The van der Waals surface area contributed by atoms with Gasteiger partial charge in [-0.05, 0) is 29.7 Å². The summed E-state index contributed by atoms with van der Waals surface area (Å²) >= 11 is 13.2. The molecular weight excluding hydrogens is 315 g/mol. The minimum Gasteiger partial charge on any atom is -0.118 e. The quantitative estimate of drug-likeness (QED) is 0.660. The number of hydrogen-bond donors (Lipinski definition) is 0. The summed E-state index contributed by atoms with van der Waals surface area (Å²) in [7, 11) is 0. The van der Waals surface area contributed by atoms with Gasteiger partial charge in [0.05, 0.1) is 5.38 Å². The Morgan fingerprint density at radius 1 is 1.23 bits per heavy atom. The van der Waals surface area contributed by atoms with Crippen LogP contribution >= 0.6 is 43.5 Å². The van der Waals surface area contributed by atoms with E-state index < -0.39 is 0 Å². The molecule has 0 bridgehead atoms. The average molecular weight is 326 g/mol. The van der Waals surface area contributed by atoms with Gasteiger partial charge in [-0.25, -0.2) is 0 Å². The zero-order valence-corrected chi connectivity index (χ0v) is 11.4. The van der Waals surface area contributed by atoms with E-state index in [2.05, 4.69) is 51.8 Å². The first-order valence-corrected chi connectivity index (χ1v) is 6.13. The lowest BCUT2D eigenvalue weighted by Gasteiger charge is -2.15. The predicted octanol–water partition coefficient (Wildman–Crippen LogP) is 5.15. The number of halogens is 3. The van der Waals surface area contributed by atoms with Crippen molar-refractivity contribution in [1.29, 1.82) is 0 Å². The van der Waals surface area contributed by atoms with Crippen LogP contribution in [-0.2, 0) is 0 Å². The second kappa shape index (κ2) is 4.81. The fourth-order valence-electron chi connectivity index (χ4n) is 1.09. The standard InChI is InChI=1S/C10H11Br2Cl/c1-6(2)10(13)8-5-7(11)3-4-9(8)12/h3-6,10H,1-2H3. The highest BCUT2D eigenvalue weighted by molar-refractivity contribution is 9.11. The molecule has 13 heavy (non-hydrogen) atoms. The van der Waals surface area contributed by atoms with E-state index in [1.165, 1.54) is 0 Å². The molecule has 0 N–H and O–H groups in total. The van der Waals surface area contributed by atoms with Crippen molar-refractivity contribution in [3.8, 4) is 0 Å². The SMILES string of the molecule is CC(C)C(Cl)c1cc(Br)ccc1Br. The van der Waals surface area contributed by atoms with Crippen molar-refractivity contribution >= 4 is 43.5 Å². The van der Waals surface area contributed by atoms with Crippen LogP contribution in [0.4, 0.5) is 0 Å². The number of rotatable bonds is 2. The number of benzene rings is 1. The Morgan fingerprint density at radius 2 is 1.85 bits per heavy atom. The van der Waals surface area contributed by atoms with Gasteiger partial charge in [0.25, 0.3) is 0 Å². The normalized spacial score (nSPS) is 13.4. The molecule has 1 atom stereocenters. The maximum absolute atomic E-state index is 6.27. The fourth-order valence-corrected chi connectivity index (χ4v) is 2.27. The molecule has 0 spiro atoms. The minimum atomic E-state index is 0.0619. The van der Waals surface area contributed by atoms with Crippen molar-refractivity contribution in [1.82, 2.24) is 0 Å². The molecule has 0 nitrogen and oxygen atoms in total. The van der Waals surface area contributed by atoms with Gasteiger partial charge in [-0.2, -0.15) is 0 Å². The summed E-state index contributed by atoms with van der Waals surface area (Å²) in [5, 5.41) is 0.0619. The highest BCUT2D eigenvalue weighted by Crippen LogP contribution is 2.35. The van der Waals surface area contributed by atoms with Crippen LogP contribution in [0.3, 0.4) is 0 Å². The van der Waals surface area contributed by atoms with Gasteiger partial charge in [0, 0.05) is 8.95 Å². The van der Waals surface area contributed by atoms with E-state index >= 15 is 0 Å². The first-order chi connectivity index (χ1) is 6.02. The van der Waals surface area contributed by atoms with Gasteiger partial charge in [0.2, 0.25) is 0 Å². The van der Waals surface area contributed by atoms with Crippen LogP contribution in [0.15, 0.2) is 27.1 Å². The lowest BCUT2D eigenvalue weighted by Crippen LogP contribution is -2.00. The topological polar surface area (TPSA) is 0 Å². The number of hydrogen-bond acceptors (Lipinski definition) is 0. The fraction of sp³-hybridized carbons (Fsp3) is 0.400. The molecule has 3 heteroatoms. The Bertz CT molecular complexity index is 297. The molecule has 72 valence electrons. The van der Waals surface area contributed by atoms with E-state index in [1.54, 1.807) is 0 Å². The molecule has 1 unspecified atom stereocenters. The van der Waals surface area contributed by atoms with Gasteiger partial charge < -0.3 is 0 Å². The Kier molecular flexibility index (Phi) is 4.27. The molecule has 0 saturated carbocycles. The molecule has 0 saturated heterocycles. The first kappa shape index (κ1) is 11.5. The smallest absolute Gasteiger partial charge is 0.0619 e. The van der Waals surface area contributed by atoms with Gasteiger partial charge in [0.1, 0.15) is 0 Å². The van der Waals surface area contributed by atoms with Crippen molar-refractivity contribution in [2.24, 2.45) is 5.92 Å². The summed E-state index contributed by atoms with van der Waals surface area (Å²) in [6, 6.07) is 6.07. The summed E-state index contributed by atoms with van der Waals surface area (Å²) < 4.78 is 2.14. The highest BCUT2D eigenvalue weighted by atomic mass is 79.9. The summed E-state index contributed by atoms with van der Waals surface area (Å²) in [5.41, 5.74) is 1.14. The van der Waals surface area contributed by atoms with Gasteiger partial charge in [-0.1, -0.05) is 45.7 Å². The minimum absolute atomic E-state index is 0.0619. The van der Waals surface area contributed by atoms with Crippen molar-refractivity contribution in [2.75, 3.05) is 0 Å². The third-order valence-corrected chi connectivity index (χ3v) is 3.79. The molecule has 1 rings (SSSR count). The molecule has 0 aliphatic heterocycles. The van der Waals surface area contributed by atoms with E-state index in [1.807, 2.05) is 12.1 Å². The zero-order chi connectivity index (χ0) is 10.0. The summed E-state index contributed by atoms with van der Waals surface area (Å²) in [5.74, 6) is 0.437. The molecule has 0 aliphatic carbocycles. The Labute approximate surface area is 101 Å². The van der Waals surface area contributed by atoms with Crippen LogP contribution in [0.25, 0.3) is 0 Å². The van der Waals surface area contributed by atoms with Crippen LogP contribution in [0.1, 0.15) is 24.8 Å². The third-order valence-electron chi connectivity index (χ3n) is 1.84. The van der Waals surface area contributed by atoms with E-state index in [0.29, 0.717) is 5.92 Å². The summed E-state index contributed by atoms with van der Waals surface area (Å²) in [6.07, 6.45) is 0. The van der Waals surface area contributed by atoms with Gasteiger partial charge in [-0.3, -0.25) is 0 Å². The lowest BCUT2D eigenvalue weighted by atomic mass is 10.0. The molecule has 1 aromatic carbocycles. The Hall–Kier alpha value is 0.470. The molecule has 0 amide bonds. The zero-order valence-electron chi connectivity index (χ0n) is 7.52. The van der Waals surface area contributed by atoms with Crippen LogP contribution < -0.4 is 0 Å². The van der Waals surface area contributed by atoms with Gasteiger partial charge in [0.15, 0.2) is 0 Å². The maximum atomic E-state index is 6.27. The monoisotopic (exact) mass is 324 g/mol. The van der Waals surface area contributed by atoms with Gasteiger partial charge in [-0.15, -0.1) is 11.6 Å². The van der Waals surface area contributed by atoms with E-state index in [0.717, 1.165) is 14.5 Å². The third kappa shape index (κ3) is 2.97. The summed E-state index contributed by atoms with van der Waals surface area (Å²) in [4.78, 5) is 0. The largest absolute Gasteiger partial charge is 0.118 e. The molecule has 0 aromatic heterocycles. The Morgan fingerprint density at radius 3 is 2.38 bits per heavy atom. The lowest BCUT2D eigenvalue weighted by molar-refractivity contribution is 0.622. The molecule has 0 aliphatic rings. The molecule has 0 radical (unpaired) electrons. The van der Waals surface area contributed by atoms with Crippen LogP contribution in [0.5, 0.6) is 0 Å². The second-order valence-electron chi connectivity index (χ2n) is 3.31. The predicted molar refractivity (Wildman–Crippen MR) is 65.3 cm³/mol. The van der Waals surface area contributed by atoms with Crippen molar-refractivity contribution in [2.45, 2.75) is 19.2 Å². The van der Waals surface area contributed by atoms with Crippen LogP contribution in [-0.4, -0.2) is 0 Å². The van der Waals surface area contributed by atoms with Crippen LogP contribution in [0.2, 0.25) is 0 Å². The first-order valence-electron chi connectivity index (χ1n) is 4.11. The molecular formula is C10H11Br2Cl. The van der Waals surface area contributed by atoms with Crippen molar-refractivity contribution in [3.63, 3.8) is 0 Å². The van der Waals surface area contributed by atoms with Crippen LogP contribution in [0, 0.1) is 5.92 Å². The molecule has 1 aromatic rings. The van der Waals surface area contributed by atoms with Crippen molar-refractivity contribution in [3.05, 3.63) is 32.7 Å². The van der Waals surface area contributed by atoms with E-state index in [-0.39, 0.29) is 5.38 Å². The van der Waals surface area contributed by atoms with E-state index in [4.69, 9.17) is 11.6 Å². The second-order valence-corrected chi connectivity index (χ2v) is 5.55. The highest BCUT2D eigenvalue weighted by Gasteiger charge is 2.15. The molecule has 0 fully saturated rings.